The molecule has 1 amide bonds. The summed E-state index contributed by atoms with van der Waals surface area (Å²) in [7, 11) is 0. The van der Waals surface area contributed by atoms with Crippen molar-refractivity contribution in [2.45, 2.75) is 26.4 Å². The third kappa shape index (κ3) is 4.44. The number of aliphatic hydroxyl groups excluding tert-OH is 1. The molecule has 112 valence electrons. The molecule has 0 saturated heterocycles. The fraction of sp³-hybridized carbons (Fsp3) is 0.583. The van der Waals surface area contributed by atoms with Crippen molar-refractivity contribution in [3.63, 3.8) is 0 Å². The summed E-state index contributed by atoms with van der Waals surface area (Å²) in [5.74, 6) is -0.800. The zero-order valence-electron chi connectivity index (χ0n) is 11.2. The van der Waals surface area contributed by atoms with E-state index in [0.29, 0.717) is 22.7 Å². The number of nitrogens with zero attached hydrogens (tertiary/aromatic N) is 3. The lowest BCUT2D eigenvalue weighted by Gasteiger charge is -2.23. The Balaban J connectivity index is 3.08. The van der Waals surface area contributed by atoms with Crippen LogP contribution in [0.1, 0.15) is 28.7 Å². The van der Waals surface area contributed by atoms with E-state index in [4.69, 9.17) is 5.11 Å². The van der Waals surface area contributed by atoms with Crippen LogP contribution in [0.4, 0.5) is 13.2 Å². The molecular weight excluding hydrogens is 275 g/mol. The van der Waals surface area contributed by atoms with E-state index >= 15 is 0 Å². The van der Waals surface area contributed by atoms with Crippen LogP contribution in [0.3, 0.4) is 0 Å². The first-order valence-corrected chi connectivity index (χ1v) is 6.08. The Morgan fingerprint density at radius 3 is 2.55 bits per heavy atom. The maximum atomic E-state index is 12.5. The summed E-state index contributed by atoms with van der Waals surface area (Å²) < 4.78 is 37.4. The van der Waals surface area contributed by atoms with Crippen LogP contribution in [-0.4, -0.2) is 52.0 Å². The Hall–Kier alpha value is -1.70. The third-order valence-corrected chi connectivity index (χ3v) is 2.59. The van der Waals surface area contributed by atoms with Crippen LogP contribution < -0.4 is 0 Å². The minimum absolute atomic E-state index is 0.0951. The number of rotatable bonds is 5. The van der Waals surface area contributed by atoms with Gasteiger partial charge in [-0.25, -0.2) is 0 Å². The van der Waals surface area contributed by atoms with Crippen molar-refractivity contribution in [2.75, 3.05) is 19.7 Å². The van der Waals surface area contributed by atoms with E-state index in [0.717, 1.165) is 0 Å². The zero-order valence-corrected chi connectivity index (χ0v) is 11.2. The molecule has 0 fully saturated rings. The predicted molar refractivity (Wildman–Crippen MR) is 65.2 cm³/mol. The molecule has 1 N–H and O–H groups in total. The lowest BCUT2D eigenvalue weighted by Crippen LogP contribution is -2.41. The number of alkyl halides is 3. The first-order valence-electron chi connectivity index (χ1n) is 6.08. The summed E-state index contributed by atoms with van der Waals surface area (Å²) in [6.07, 6.45) is -4.14. The molecular formula is C12H16F3N3O2. The largest absolute Gasteiger partial charge is 0.406 e. The number of aromatic nitrogens is 2. The number of aliphatic hydroxyl groups is 1. The molecule has 5 nitrogen and oxygen atoms in total. The number of carbonyl (C=O) groups is 1. The van der Waals surface area contributed by atoms with Crippen molar-refractivity contribution >= 4 is 5.91 Å². The molecule has 0 saturated carbocycles. The number of aryl methyl sites for hydroxylation is 2. The molecule has 0 radical (unpaired) electrons. The molecule has 0 unspecified atom stereocenters. The van der Waals surface area contributed by atoms with Crippen molar-refractivity contribution in [1.82, 2.24) is 15.1 Å². The summed E-state index contributed by atoms with van der Waals surface area (Å²) >= 11 is 0. The van der Waals surface area contributed by atoms with E-state index in [-0.39, 0.29) is 12.1 Å². The van der Waals surface area contributed by atoms with E-state index in [9.17, 15) is 18.0 Å². The number of hydrogen-bond acceptors (Lipinski definition) is 4. The topological polar surface area (TPSA) is 66.3 Å². The van der Waals surface area contributed by atoms with Crippen molar-refractivity contribution in [3.05, 3.63) is 23.0 Å². The van der Waals surface area contributed by atoms with Crippen molar-refractivity contribution in [1.29, 1.82) is 0 Å². The molecule has 0 bridgehead atoms. The number of hydrogen-bond donors (Lipinski definition) is 1. The molecule has 1 heterocycles. The van der Waals surface area contributed by atoms with E-state index in [1.165, 1.54) is 6.07 Å². The quantitative estimate of drug-likeness (QED) is 0.889. The molecule has 0 spiro atoms. The van der Waals surface area contributed by atoms with Crippen molar-refractivity contribution in [2.24, 2.45) is 0 Å². The first kappa shape index (κ1) is 16.4. The van der Waals surface area contributed by atoms with Gasteiger partial charge in [-0.1, -0.05) is 6.92 Å². The smallest absolute Gasteiger partial charge is 0.395 e. The van der Waals surface area contributed by atoms with Gasteiger partial charge in [0.1, 0.15) is 6.54 Å². The molecule has 0 atom stereocenters. The van der Waals surface area contributed by atoms with Gasteiger partial charge in [0, 0.05) is 6.54 Å². The van der Waals surface area contributed by atoms with Gasteiger partial charge in [0.05, 0.1) is 23.6 Å². The Kier molecular flexibility index (Phi) is 5.43. The maximum Gasteiger partial charge on any atom is 0.406 e. The molecule has 0 aliphatic carbocycles. The summed E-state index contributed by atoms with van der Waals surface area (Å²) in [6, 6.07) is 1.41. The molecule has 0 aliphatic heterocycles. The molecule has 0 aliphatic rings. The van der Waals surface area contributed by atoms with E-state index < -0.39 is 25.2 Å². The predicted octanol–water partition coefficient (Wildman–Crippen LogP) is 1.34. The second-order valence-electron chi connectivity index (χ2n) is 4.27. The fourth-order valence-electron chi connectivity index (χ4n) is 1.72. The lowest BCUT2D eigenvalue weighted by atomic mass is 10.1. The van der Waals surface area contributed by atoms with E-state index in [1.54, 1.807) is 13.8 Å². The van der Waals surface area contributed by atoms with Crippen LogP contribution >= 0.6 is 0 Å². The van der Waals surface area contributed by atoms with Crippen molar-refractivity contribution < 1.29 is 23.1 Å². The van der Waals surface area contributed by atoms with Gasteiger partial charge in [-0.05, 0) is 19.4 Å². The summed E-state index contributed by atoms with van der Waals surface area (Å²) in [6.45, 7) is 1.00. The molecule has 1 aromatic rings. The van der Waals surface area contributed by atoms with Gasteiger partial charge in [0.15, 0.2) is 0 Å². The third-order valence-electron chi connectivity index (χ3n) is 2.59. The van der Waals surface area contributed by atoms with Crippen LogP contribution in [0.25, 0.3) is 0 Å². The van der Waals surface area contributed by atoms with E-state index in [1.807, 2.05) is 0 Å². The lowest BCUT2D eigenvalue weighted by molar-refractivity contribution is -0.141. The maximum absolute atomic E-state index is 12.5. The Labute approximate surface area is 114 Å². The highest BCUT2D eigenvalue weighted by Crippen LogP contribution is 2.19. The summed E-state index contributed by atoms with van der Waals surface area (Å²) in [5, 5.41) is 16.4. The average Bonchev–Trinajstić information content (AvgIpc) is 2.36. The number of halogens is 3. The fourth-order valence-corrected chi connectivity index (χ4v) is 1.72. The molecule has 0 aromatic carbocycles. The van der Waals surface area contributed by atoms with Gasteiger partial charge >= 0.3 is 6.18 Å². The van der Waals surface area contributed by atoms with Crippen LogP contribution in [0.15, 0.2) is 6.07 Å². The van der Waals surface area contributed by atoms with Crippen LogP contribution in [0.2, 0.25) is 0 Å². The molecule has 1 rings (SSSR count). The van der Waals surface area contributed by atoms with Gasteiger partial charge in [0.2, 0.25) is 0 Å². The van der Waals surface area contributed by atoms with Crippen molar-refractivity contribution in [3.8, 4) is 0 Å². The Bertz CT molecular complexity index is 478. The second-order valence-corrected chi connectivity index (χ2v) is 4.27. The van der Waals surface area contributed by atoms with Gasteiger partial charge in [-0.2, -0.15) is 23.4 Å². The number of amides is 1. The standard InChI is InChI=1S/C12H16F3N3O2/c1-3-10-9(6-8(2)16-17-10)11(20)18(4-5-19)7-12(13,14)15/h6,19H,3-5,7H2,1-2H3. The zero-order chi connectivity index (χ0) is 15.3. The highest BCUT2D eigenvalue weighted by atomic mass is 19.4. The van der Waals surface area contributed by atoms with E-state index in [2.05, 4.69) is 10.2 Å². The molecule has 20 heavy (non-hydrogen) atoms. The molecule has 8 heteroatoms. The molecule has 1 aromatic heterocycles. The minimum Gasteiger partial charge on any atom is -0.395 e. The second kappa shape index (κ2) is 6.65. The SMILES string of the molecule is CCc1nnc(C)cc1C(=O)N(CCO)CC(F)(F)F. The monoisotopic (exact) mass is 291 g/mol. The Morgan fingerprint density at radius 1 is 1.40 bits per heavy atom. The highest BCUT2D eigenvalue weighted by Gasteiger charge is 2.33. The van der Waals surface area contributed by atoms with Gasteiger partial charge < -0.3 is 10.0 Å². The van der Waals surface area contributed by atoms with Crippen LogP contribution in [-0.2, 0) is 6.42 Å². The first-order chi connectivity index (χ1) is 9.28. The summed E-state index contributed by atoms with van der Waals surface area (Å²) in [4.78, 5) is 12.8. The highest BCUT2D eigenvalue weighted by molar-refractivity contribution is 5.95. The van der Waals surface area contributed by atoms with Gasteiger partial charge in [-0.15, -0.1) is 0 Å². The van der Waals surface area contributed by atoms with Gasteiger partial charge in [0.25, 0.3) is 5.91 Å². The normalized spacial score (nSPS) is 11.5. The van der Waals surface area contributed by atoms with Crippen LogP contribution in [0, 0.1) is 6.92 Å². The number of carbonyl (C=O) groups excluding carboxylic acids is 1. The minimum atomic E-state index is -4.52. The average molecular weight is 291 g/mol. The Morgan fingerprint density at radius 2 is 2.05 bits per heavy atom. The summed E-state index contributed by atoms with van der Waals surface area (Å²) in [5.41, 5.74) is 0.880. The van der Waals surface area contributed by atoms with Gasteiger partial charge in [-0.3, -0.25) is 4.79 Å². The van der Waals surface area contributed by atoms with Crippen LogP contribution in [0.5, 0.6) is 0 Å².